The predicted molar refractivity (Wildman–Crippen MR) is 128 cm³/mol. The van der Waals surface area contributed by atoms with Crippen LogP contribution in [0.15, 0.2) is 75.1 Å². The number of hydrogen-bond donors (Lipinski definition) is 1. The van der Waals surface area contributed by atoms with Crippen LogP contribution < -0.4 is 14.3 Å². The van der Waals surface area contributed by atoms with E-state index < -0.39 is 20.9 Å². The van der Waals surface area contributed by atoms with Crippen LogP contribution in [0.1, 0.15) is 21.5 Å². The van der Waals surface area contributed by atoms with E-state index in [2.05, 4.69) is 26.5 Å². The zero-order valence-electron chi connectivity index (χ0n) is 17.9. The Hall–Kier alpha value is -3.77. The van der Waals surface area contributed by atoms with E-state index in [1.807, 2.05) is 0 Å². The van der Waals surface area contributed by atoms with Crippen molar-refractivity contribution in [1.29, 1.82) is 0 Å². The third-order valence-corrected chi connectivity index (χ3v) is 6.47. The molecule has 0 bridgehead atoms. The topological polar surface area (TPSA) is 137 Å². The average molecular weight is 548 g/mol. The van der Waals surface area contributed by atoms with Crippen molar-refractivity contribution in [3.05, 3.63) is 91.9 Å². The van der Waals surface area contributed by atoms with Gasteiger partial charge in [0.2, 0.25) is 0 Å². The standard InChI is InChI=1S/C22H18BrN3O7S/c1-14-7-9-16(12-19(14)26(28)29)34(30,31)33-20-10-8-15(11-21(20)32-2)13-24-25-22(27)17-5-3-4-6-18(17)23/h3-13H,1-2H3,(H,25,27)/b24-13+. The SMILES string of the molecule is COc1cc(/C=N/NC(=O)c2ccccc2Br)ccc1OS(=O)(=O)c1ccc(C)c([N+](=O)[O-])c1. The molecule has 0 fully saturated rings. The smallest absolute Gasteiger partial charge is 0.339 e. The molecule has 3 aromatic carbocycles. The molecule has 0 aromatic heterocycles. The van der Waals surface area contributed by atoms with Crippen LogP contribution in [0, 0.1) is 17.0 Å². The number of methoxy groups -OCH3 is 1. The molecule has 0 unspecified atom stereocenters. The molecule has 0 radical (unpaired) electrons. The summed E-state index contributed by atoms with van der Waals surface area (Å²) in [6, 6.07) is 14.6. The van der Waals surface area contributed by atoms with Crippen LogP contribution in [0.2, 0.25) is 0 Å². The van der Waals surface area contributed by atoms with E-state index in [1.165, 1.54) is 50.6 Å². The van der Waals surface area contributed by atoms with Crippen molar-refractivity contribution in [3.8, 4) is 11.5 Å². The van der Waals surface area contributed by atoms with E-state index in [9.17, 15) is 23.3 Å². The molecule has 3 rings (SSSR count). The fourth-order valence-electron chi connectivity index (χ4n) is 2.81. The van der Waals surface area contributed by atoms with Crippen molar-refractivity contribution in [1.82, 2.24) is 5.43 Å². The molecule has 0 aliphatic rings. The average Bonchev–Trinajstić information content (AvgIpc) is 2.79. The molecule has 0 aliphatic heterocycles. The van der Waals surface area contributed by atoms with Gasteiger partial charge >= 0.3 is 10.1 Å². The lowest BCUT2D eigenvalue weighted by Gasteiger charge is -2.11. The van der Waals surface area contributed by atoms with Gasteiger partial charge in [-0.3, -0.25) is 14.9 Å². The summed E-state index contributed by atoms with van der Waals surface area (Å²) in [5.74, 6) is -0.472. The Labute approximate surface area is 203 Å². The van der Waals surface area contributed by atoms with Crippen LogP contribution in [0.3, 0.4) is 0 Å². The van der Waals surface area contributed by atoms with Gasteiger partial charge in [-0.25, -0.2) is 5.43 Å². The minimum atomic E-state index is -4.37. The first kappa shape index (κ1) is 24.9. The second kappa shape index (κ2) is 10.4. The van der Waals surface area contributed by atoms with Crippen molar-refractivity contribution >= 4 is 43.9 Å². The van der Waals surface area contributed by atoms with Crippen molar-refractivity contribution in [2.45, 2.75) is 11.8 Å². The number of nitrogens with zero attached hydrogens (tertiary/aromatic N) is 2. The normalized spacial score (nSPS) is 11.3. The number of hydrogen-bond acceptors (Lipinski definition) is 8. The predicted octanol–water partition coefficient (Wildman–Crippen LogP) is 4.21. The van der Waals surface area contributed by atoms with Gasteiger partial charge in [0.25, 0.3) is 11.6 Å². The number of ether oxygens (including phenoxy) is 1. The molecule has 3 aromatic rings. The molecular weight excluding hydrogens is 530 g/mol. The second-order valence-electron chi connectivity index (χ2n) is 6.83. The number of amides is 1. The van der Waals surface area contributed by atoms with Gasteiger partial charge in [-0.15, -0.1) is 0 Å². The minimum absolute atomic E-state index is 0.0752. The molecule has 0 saturated carbocycles. The van der Waals surface area contributed by atoms with E-state index in [0.29, 0.717) is 21.2 Å². The van der Waals surface area contributed by atoms with Crippen LogP contribution in [-0.4, -0.2) is 32.6 Å². The Kier molecular flexibility index (Phi) is 7.64. The van der Waals surface area contributed by atoms with Crippen LogP contribution in [-0.2, 0) is 10.1 Å². The molecule has 0 spiro atoms. The van der Waals surface area contributed by atoms with Crippen LogP contribution in [0.5, 0.6) is 11.5 Å². The third kappa shape index (κ3) is 5.77. The lowest BCUT2D eigenvalue weighted by Crippen LogP contribution is -2.18. The van der Waals surface area contributed by atoms with E-state index in [4.69, 9.17) is 8.92 Å². The number of hydrazone groups is 1. The summed E-state index contributed by atoms with van der Waals surface area (Å²) in [4.78, 5) is 22.3. The van der Waals surface area contributed by atoms with Gasteiger partial charge in [0.05, 0.1) is 23.8 Å². The fraction of sp³-hybridized carbons (Fsp3) is 0.0909. The monoisotopic (exact) mass is 547 g/mol. The number of carbonyl (C=O) groups excluding carboxylic acids is 1. The van der Waals surface area contributed by atoms with Gasteiger partial charge < -0.3 is 8.92 Å². The Morgan fingerprint density at radius 3 is 2.53 bits per heavy atom. The largest absolute Gasteiger partial charge is 0.493 e. The summed E-state index contributed by atoms with van der Waals surface area (Å²) in [5.41, 5.74) is 3.26. The third-order valence-electron chi connectivity index (χ3n) is 4.55. The summed E-state index contributed by atoms with van der Waals surface area (Å²) in [7, 11) is -3.05. The Morgan fingerprint density at radius 2 is 1.85 bits per heavy atom. The van der Waals surface area contributed by atoms with Crippen molar-refractivity contribution in [3.63, 3.8) is 0 Å². The zero-order valence-corrected chi connectivity index (χ0v) is 20.3. The van der Waals surface area contributed by atoms with E-state index in [0.717, 1.165) is 6.07 Å². The molecule has 1 N–H and O–H groups in total. The highest BCUT2D eigenvalue weighted by Crippen LogP contribution is 2.31. The summed E-state index contributed by atoms with van der Waals surface area (Å²) in [5, 5.41) is 15.0. The number of nitro benzene ring substituents is 1. The second-order valence-corrected chi connectivity index (χ2v) is 9.23. The highest BCUT2D eigenvalue weighted by molar-refractivity contribution is 9.10. The van der Waals surface area contributed by atoms with Crippen molar-refractivity contribution in [2.24, 2.45) is 5.10 Å². The van der Waals surface area contributed by atoms with Crippen molar-refractivity contribution < 1.29 is 27.1 Å². The van der Waals surface area contributed by atoms with Crippen LogP contribution in [0.4, 0.5) is 5.69 Å². The van der Waals surface area contributed by atoms with E-state index in [-0.39, 0.29) is 22.1 Å². The van der Waals surface area contributed by atoms with Gasteiger partial charge in [0, 0.05) is 16.1 Å². The molecule has 0 aliphatic carbocycles. The van der Waals surface area contributed by atoms with E-state index >= 15 is 0 Å². The number of nitrogens with one attached hydrogen (secondary N) is 1. The van der Waals surface area contributed by atoms with Gasteiger partial charge in [-0.1, -0.05) is 18.2 Å². The number of rotatable bonds is 8. The lowest BCUT2D eigenvalue weighted by atomic mass is 10.2. The number of halogens is 1. The molecule has 176 valence electrons. The Morgan fingerprint density at radius 1 is 1.12 bits per heavy atom. The molecule has 0 atom stereocenters. The molecule has 1 amide bonds. The molecular formula is C22H18BrN3O7S. The first-order chi connectivity index (χ1) is 16.1. The maximum Gasteiger partial charge on any atom is 0.339 e. The Bertz CT molecular complexity index is 1390. The van der Waals surface area contributed by atoms with Gasteiger partial charge in [-0.2, -0.15) is 13.5 Å². The zero-order chi connectivity index (χ0) is 24.9. The van der Waals surface area contributed by atoms with Gasteiger partial charge in [0.1, 0.15) is 4.90 Å². The first-order valence-electron chi connectivity index (χ1n) is 9.58. The molecule has 10 nitrogen and oxygen atoms in total. The van der Waals surface area contributed by atoms with Crippen molar-refractivity contribution in [2.75, 3.05) is 7.11 Å². The molecule has 12 heteroatoms. The highest BCUT2D eigenvalue weighted by atomic mass is 79.9. The summed E-state index contributed by atoms with van der Waals surface area (Å²) < 4.78 is 36.3. The van der Waals surface area contributed by atoms with E-state index in [1.54, 1.807) is 24.3 Å². The summed E-state index contributed by atoms with van der Waals surface area (Å²) in [6.45, 7) is 1.50. The van der Waals surface area contributed by atoms with Crippen LogP contribution >= 0.6 is 15.9 Å². The summed E-state index contributed by atoms with van der Waals surface area (Å²) >= 11 is 3.29. The molecule has 34 heavy (non-hydrogen) atoms. The number of carbonyl (C=O) groups is 1. The number of benzene rings is 3. The quantitative estimate of drug-likeness (QED) is 0.193. The highest BCUT2D eigenvalue weighted by Gasteiger charge is 2.23. The number of nitro groups is 1. The fourth-order valence-corrected chi connectivity index (χ4v) is 4.24. The molecule has 0 saturated heterocycles. The first-order valence-corrected chi connectivity index (χ1v) is 11.8. The van der Waals surface area contributed by atoms with Gasteiger partial charge in [-0.05, 0) is 64.8 Å². The minimum Gasteiger partial charge on any atom is -0.493 e. The lowest BCUT2D eigenvalue weighted by molar-refractivity contribution is -0.385. The summed E-state index contributed by atoms with van der Waals surface area (Å²) in [6.07, 6.45) is 1.35. The number of aryl methyl sites for hydroxylation is 1. The molecule has 0 heterocycles. The Balaban J connectivity index is 1.78. The van der Waals surface area contributed by atoms with Crippen LogP contribution in [0.25, 0.3) is 0 Å². The maximum atomic E-state index is 12.7. The maximum absolute atomic E-state index is 12.7. The van der Waals surface area contributed by atoms with Gasteiger partial charge in [0.15, 0.2) is 11.5 Å².